The molecule has 24 heavy (non-hydrogen) atoms. The Morgan fingerprint density at radius 3 is 1.75 bits per heavy atom. The quantitative estimate of drug-likeness (QED) is 0.818. The molecule has 0 amide bonds. The van der Waals surface area contributed by atoms with E-state index in [2.05, 4.69) is 5.32 Å². The summed E-state index contributed by atoms with van der Waals surface area (Å²) in [6.07, 6.45) is 1.34. The van der Waals surface area contributed by atoms with Crippen molar-refractivity contribution < 1.29 is 22.7 Å². The van der Waals surface area contributed by atoms with Gasteiger partial charge in [-0.05, 0) is 54.8 Å². The van der Waals surface area contributed by atoms with Gasteiger partial charge in [-0.15, -0.1) is 12.4 Å². The lowest BCUT2D eigenvalue weighted by Gasteiger charge is -2.35. The van der Waals surface area contributed by atoms with Crippen LogP contribution in [0.5, 0.6) is 0 Å². The molecule has 0 spiro atoms. The van der Waals surface area contributed by atoms with Crippen molar-refractivity contribution in [1.29, 1.82) is 0 Å². The Balaban J connectivity index is 0.00000208. The van der Waals surface area contributed by atoms with E-state index < -0.39 is 34.9 Å². The fourth-order valence-corrected chi connectivity index (χ4v) is 3.08. The second-order valence-electron chi connectivity index (χ2n) is 5.67. The van der Waals surface area contributed by atoms with Crippen LogP contribution >= 0.6 is 12.4 Å². The molecular formula is C17H16ClF4NO. The first-order valence-corrected chi connectivity index (χ1v) is 7.29. The third kappa shape index (κ3) is 3.14. The van der Waals surface area contributed by atoms with E-state index >= 15 is 0 Å². The topological polar surface area (TPSA) is 32.3 Å². The average Bonchev–Trinajstić information content (AvgIpc) is 3.07. The summed E-state index contributed by atoms with van der Waals surface area (Å²) in [4.78, 5) is 0. The highest BCUT2D eigenvalue weighted by atomic mass is 35.5. The molecule has 2 aromatic carbocycles. The van der Waals surface area contributed by atoms with Gasteiger partial charge in [0.1, 0.15) is 5.60 Å². The van der Waals surface area contributed by atoms with E-state index in [4.69, 9.17) is 0 Å². The third-order valence-electron chi connectivity index (χ3n) is 4.28. The fourth-order valence-electron chi connectivity index (χ4n) is 3.08. The van der Waals surface area contributed by atoms with E-state index in [0.717, 1.165) is 30.7 Å². The molecule has 2 aromatic rings. The second-order valence-corrected chi connectivity index (χ2v) is 5.67. The summed E-state index contributed by atoms with van der Waals surface area (Å²) < 4.78 is 53.6. The van der Waals surface area contributed by atoms with Crippen LogP contribution in [0.4, 0.5) is 17.6 Å². The van der Waals surface area contributed by atoms with Crippen molar-refractivity contribution in [2.75, 3.05) is 6.54 Å². The fraction of sp³-hybridized carbons (Fsp3) is 0.294. The Hall–Kier alpha value is -1.63. The van der Waals surface area contributed by atoms with E-state index in [0.29, 0.717) is 13.0 Å². The van der Waals surface area contributed by atoms with Gasteiger partial charge < -0.3 is 10.4 Å². The Morgan fingerprint density at radius 1 is 0.875 bits per heavy atom. The number of halogens is 5. The van der Waals surface area contributed by atoms with Crippen LogP contribution in [0.1, 0.15) is 24.0 Å². The van der Waals surface area contributed by atoms with Crippen molar-refractivity contribution in [1.82, 2.24) is 5.32 Å². The number of hydrogen-bond acceptors (Lipinski definition) is 2. The molecule has 1 atom stereocenters. The summed E-state index contributed by atoms with van der Waals surface area (Å²) in [6, 6.07) is 5.57. The molecule has 1 heterocycles. The van der Waals surface area contributed by atoms with E-state index in [1.165, 1.54) is 12.1 Å². The van der Waals surface area contributed by atoms with Gasteiger partial charge in [0.05, 0.1) is 0 Å². The van der Waals surface area contributed by atoms with E-state index in [1.807, 2.05) is 0 Å². The first-order chi connectivity index (χ1) is 10.9. The minimum Gasteiger partial charge on any atom is -0.379 e. The Bertz CT molecular complexity index is 683. The molecule has 1 aliphatic heterocycles. The summed E-state index contributed by atoms with van der Waals surface area (Å²) in [5.41, 5.74) is -1.62. The molecule has 3 rings (SSSR count). The number of rotatable bonds is 3. The van der Waals surface area contributed by atoms with Crippen LogP contribution in [0.25, 0.3) is 0 Å². The maximum atomic E-state index is 13.6. The largest absolute Gasteiger partial charge is 0.379 e. The van der Waals surface area contributed by atoms with Crippen LogP contribution in [-0.4, -0.2) is 17.7 Å². The molecule has 2 N–H and O–H groups in total. The van der Waals surface area contributed by atoms with Crippen LogP contribution < -0.4 is 5.32 Å². The van der Waals surface area contributed by atoms with Gasteiger partial charge in [0.15, 0.2) is 23.3 Å². The predicted octanol–water partition coefficient (Wildman–Crippen LogP) is 3.65. The third-order valence-corrected chi connectivity index (χ3v) is 4.28. The SMILES string of the molecule is Cl.OC(c1ccc(F)c(F)c1)(c1ccc(F)c(F)c1)[C@H]1CCCN1. The smallest absolute Gasteiger partial charge is 0.159 e. The molecule has 0 saturated carbocycles. The summed E-state index contributed by atoms with van der Waals surface area (Å²) in [7, 11) is 0. The van der Waals surface area contributed by atoms with Gasteiger partial charge in [0.25, 0.3) is 0 Å². The standard InChI is InChI=1S/C17H15F4NO.ClH/c18-12-5-3-10(8-14(12)20)17(23,16-2-1-7-22-16)11-4-6-13(19)15(21)9-11;/h3-6,8-9,16,22-23H,1-2,7H2;1H/t16-;/m1./s1. The molecule has 1 saturated heterocycles. The van der Waals surface area contributed by atoms with Gasteiger partial charge in [0, 0.05) is 6.04 Å². The molecule has 0 bridgehead atoms. The van der Waals surface area contributed by atoms with Gasteiger partial charge in [0.2, 0.25) is 0 Å². The second kappa shape index (κ2) is 7.09. The zero-order valence-corrected chi connectivity index (χ0v) is 13.3. The van der Waals surface area contributed by atoms with Crippen molar-refractivity contribution in [3.05, 3.63) is 70.8 Å². The average molecular weight is 362 g/mol. The lowest BCUT2D eigenvalue weighted by Crippen LogP contribution is -2.46. The lowest BCUT2D eigenvalue weighted by atomic mass is 9.79. The monoisotopic (exact) mass is 361 g/mol. The van der Waals surface area contributed by atoms with Crippen molar-refractivity contribution in [2.45, 2.75) is 24.5 Å². The molecule has 0 unspecified atom stereocenters. The van der Waals surface area contributed by atoms with Crippen molar-refractivity contribution in [3.8, 4) is 0 Å². The lowest BCUT2D eigenvalue weighted by molar-refractivity contribution is 0.0434. The molecule has 0 radical (unpaired) electrons. The number of hydrogen-bond donors (Lipinski definition) is 2. The van der Waals surface area contributed by atoms with Gasteiger partial charge in [-0.3, -0.25) is 0 Å². The zero-order valence-electron chi connectivity index (χ0n) is 12.5. The van der Waals surface area contributed by atoms with E-state index in [9.17, 15) is 22.7 Å². The summed E-state index contributed by atoms with van der Waals surface area (Å²) in [5, 5.41) is 14.3. The summed E-state index contributed by atoms with van der Waals surface area (Å²) in [6.45, 7) is 0.639. The minimum atomic E-state index is -1.79. The van der Waals surface area contributed by atoms with Crippen LogP contribution in [0.2, 0.25) is 0 Å². The van der Waals surface area contributed by atoms with Crippen LogP contribution in [-0.2, 0) is 5.60 Å². The number of aliphatic hydroxyl groups is 1. The van der Waals surface area contributed by atoms with Crippen LogP contribution in [0, 0.1) is 23.3 Å². The Labute approximate surface area is 142 Å². The molecule has 1 aliphatic rings. The van der Waals surface area contributed by atoms with Crippen molar-refractivity contribution >= 4 is 12.4 Å². The van der Waals surface area contributed by atoms with Crippen LogP contribution in [0.3, 0.4) is 0 Å². The Kier molecular flexibility index (Phi) is 5.52. The molecule has 7 heteroatoms. The maximum Gasteiger partial charge on any atom is 0.159 e. The predicted molar refractivity (Wildman–Crippen MR) is 84.0 cm³/mol. The summed E-state index contributed by atoms with van der Waals surface area (Å²) in [5.74, 6) is -4.30. The van der Waals surface area contributed by atoms with Crippen molar-refractivity contribution in [2.24, 2.45) is 0 Å². The first kappa shape index (κ1) is 18.7. The van der Waals surface area contributed by atoms with Gasteiger partial charge in [-0.2, -0.15) is 0 Å². The molecule has 2 nitrogen and oxygen atoms in total. The van der Waals surface area contributed by atoms with E-state index in [1.54, 1.807) is 0 Å². The van der Waals surface area contributed by atoms with Crippen LogP contribution in [0.15, 0.2) is 36.4 Å². The van der Waals surface area contributed by atoms with Gasteiger partial charge in [-0.1, -0.05) is 12.1 Å². The molecule has 0 aliphatic carbocycles. The molecular weight excluding hydrogens is 346 g/mol. The molecule has 130 valence electrons. The molecule has 1 fully saturated rings. The Morgan fingerprint density at radius 2 is 1.38 bits per heavy atom. The normalized spacial score (nSPS) is 17.6. The highest BCUT2D eigenvalue weighted by Gasteiger charge is 2.42. The first-order valence-electron chi connectivity index (χ1n) is 7.29. The van der Waals surface area contributed by atoms with Crippen molar-refractivity contribution in [3.63, 3.8) is 0 Å². The number of benzene rings is 2. The maximum absolute atomic E-state index is 13.6. The van der Waals surface area contributed by atoms with Gasteiger partial charge >= 0.3 is 0 Å². The zero-order chi connectivity index (χ0) is 16.6. The van der Waals surface area contributed by atoms with Gasteiger partial charge in [-0.25, -0.2) is 17.6 Å². The summed E-state index contributed by atoms with van der Waals surface area (Å²) >= 11 is 0. The highest BCUT2D eigenvalue weighted by Crippen LogP contribution is 2.37. The van der Waals surface area contributed by atoms with E-state index in [-0.39, 0.29) is 23.5 Å². The minimum absolute atomic E-state index is 0. The highest BCUT2D eigenvalue weighted by molar-refractivity contribution is 5.85. The molecule has 0 aromatic heterocycles. The number of nitrogens with one attached hydrogen (secondary N) is 1.